The highest BCUT2D eigenvalue weighted by atomic mass is 19.1. The van der Waals surface area contributed by atoms with Crippen molar-refractivity contribution in [2.45, 2.75) is 19.4 Å². The molecule has 108 valence electrons. The van der Waals surface area contributed by atoms with E-state index < -0.39 is 17.8 Å². The number of ether oxygens (including phenoxy) is 1. The van der Waals surface area contributed by atoms with E-state index in [-0.39, 0.29) is 30.1 Å². The average Bonchev–Trinajstić information content (AvgIpc) is 2.41. The highest BCUT2D eigenvalue weighted by molar-refractivity contribution is 5.96. The summed E-state index contributed by atoms with van der Waals surface area (Å²) in [4.78, 5) is 24.8. The summed E-state index contributed by atoms with van der Waals surface area (Å²) in [6, 6.07) is 3.80. The highest BCUT2D eigenvalue weighted by Gasteiger charge is 2.30. The van der Waals surface area contributed by atoms with Gasteiger partial charge in [-0.3, -0.25) is 9.59 Å². The Bertz CT molecular complexity index is 532. The molecule has 1 aromatic carbocycles. The Labute approximate surface area is 116 Å². The molecular formula is C14H16FNO4. The van der Waals surface area contributed by atoms with Gasteiger partial charge in [0.2, 0.25) is 0 Å². The topological polar surface area (TPSA) is 66.8 Å². The maximum atomic E-state index is 13.5. The lowest BCUT2D eigenvalue weighted by Gasteiger charge is -2.35. The molecule has 1 saturated heterocycles. The van der Waals surface area contributed by atoms with Gasteiger partial charge in [0.05, 0.1) is 25.7 Å². The van der Waals surface area contributed by atoms with Gasteiger partial charge in [0.25, 0.3) is 5.91 Å². The molecule has 1 aromatic rings. The SMILES string of the molecule is Cc1c(F)cccc1C(=O)N1CCOCC1CC(=O)O. The number of carboxylic acid groups (broad SMARTS) is 1. The van der Waals surface area contributed by atoms with E-state index in [0.717, 1.165) is 0 Å². The zero-order valence-corrected chi connectivity index (χ0v) is 11.1. The molecule has 2 rings (SSSR count). The van der Waals surface area contributed by atoms with Gasteiger partial charge in [-0.2, -0.15) is 0 Å². The molecule has 0 saturated carbocycles. The van der Waals surface area contributed by atoms with Crippen LogP contribution in [0.1, 0.15) is 22.3 Å². The Kier molecular flexibility index (Phi) is 4.34. The fraction of sp³-hybridized carbons (Fsp3) is 0.429. The Morgan fingerprint density at radius 3 is 2.95 bits per heavy atom. The maximum absolute atomic E-state index is 13.5. The van der Waals surface area contributed by atoms with Crippen molar-refractivity contribution in [3.63, 3.8) is 0 Å². The summed E-state index contributed by atoms with van der Waals surface area (Å²) < 4.78 is 18.7. The number of hydrogen-bond acceptors (Lipinski definition) is 3. The van der Waals surface area contributed by atoms with E-state index in [4.69, 9.17) is 9.84 Å². The minimum atomic E-state index is -0.991. The molecule has 1 aliphatic heterocycles. The number of carboxylic acids is 1. The zero-order chi connectivity index (χ0) is 14.7. The van der Waals surface area contributed by atoms with Crippen LogP contribution in [0.3, 0.4) is 0 Å². The predicted octanol–water partition coefficient (Wildman–Crippen LogP) is 1.45. The number of amides is 1. The molecule has 5 nitrogen and oxygen atoms in total. The monoisotopic (exact) mass is 281 g/mol. The van der Waals surface area contributed by atoms with Crippen molar-refractivity contribution in [3.8, 4) is 0 Å². The number of carbonyl (C=O) groups excluding carboxylic acids is 1. The summed E-state index contributed by atoms with van der Waals surface area (Å²) in [5.74, 6) is -1.79. The van der Waals surface area contributed by atoms with Crippen molar-refractivity contribution < 1.29 is 23.8 Å². The van der Waals surface area contributed by atoms with Crippen LogP contribution in [0.15, 0.2) is 18.2 Å². The molecule has 0 aliphatic carbocycles. The second-order valence-electron chi connectivity index (χ2n) is 4.74. The smallest absolute Gasteiger partial charge is 0.305 e. The van der Waals surface area contributed by atoms with E-state index in [2.05, 4.69) is 0 Å². The standard InChI is InChI=1S/C14H16FNO4/c1-9-11(3-2-4-12(9)15)14(19)16-5-6-20-8-10(16)7-13(17)18/h2-4,10H,5-8H2,1H3,(H,17,18). The number of aliphatic carboxylic acids is 1. The van der Waals surface area contributed by atoms with Crippen LogP contribution in [0, 0.1) is 12.7 Å². The maximum Gasteiger partial charge on any atom is 0.305 e. The van der Waals surface area contributed by atoms with Gasteiger partial charge >= 0.3 is 5.97 Å². The van der Waals surface area contributed by atoms with Gasteiger partial charge in [-0.05, 0) is 24.6 Å². The van der Waals surface area contributed by atoms with E-state index in [1.54, 1.807) is 6.07 Å². The average molecular weight is 281 g/mol. The molecule has 0 aromatic heterocycles. The summed E-state index contributed by atoms with van der Waals surface area (Å²) in [6.45, 7) is 2.39. The Morgan fingerprint density at radius 2 is 2.25 bits per heavy atom. The van der Waals surface area contributed by atoms with Crippen molar-refractivity contribution in [2.75, 3.05) is 19.8 Å². The van der Waals surface area contributed by atoms with Crippen molar-refractivity contribution in [2.24, 2.45) is 0 Å². The fourth-order valence-electron chi connectivity index (χ4n) is 2.29. The molecule has 1 N–H and O–H groups in total. The molecule has 1 aliphatic rings. The molecule has 1 amide bonds. The lowest BCUT2D eigenvalue weighted by molar-refractivity contribution is -0.139. The third-order valence-electron chi connectivity index (χ3n) is 3.40. The van der Waals surface area contributed by atoms with Gasteiger partial charge < -0.3 is 14.7 Å². The lowest BCUT2D eigenvalue weighted by atomic mass is 10.0. The number of halogens is 1. The van der Waals surface area contributed by atoms with Crippen LogP contribution in [0.5, 0.6) is 0 Å². The van der Waals surface area contributed by atoms with E-state index in [0.29, 0.717) is 13.2 Å². The molecule has 1 heterocycles. The van der Waals surface area contributed by atoms with Crippen LogP contribution in [0.25, 0.3) is 0 Å². The van der Waals surface area contributed by atoms with Gasteiger partial charge in [-0.15, -0.1) is 0 Å². The van der Waals surface area contributed by atoms with Crippen LogP contribution in [-0.2, 0) is 9.53 Å². The van der Waals surface area contributed by atoms with E-state index in [1.165, 1.54) is 24.0 Å². The first-order chi connectivity index (χ1) is 9.50. The minimum Gasteiger partial charge on any atom is -0.481 e. The Morgan fingerprint density at radius 1 is 1.50 bits per heavy atom. The normalized spacial score (nSPS) is 18.9. The predicted molar refractivity (Wildman–Crippen MR) is 69.0 cm³/mol. The molecule has 20 heavy (non-hydrogen) atoms. The van der Waals surface area contributed by atoms with Gasteiger partial charge in [-0.25, -0.2) is 4.39 Å². The van der Waals surface area contributed by atoms with E-state index in [9.17, 15) is 14.0 Å². The Balaban J connectivity index is 2.25. The van der Waals surface area contributed by atoms with E-state index >= 15 is 0 Å². The summed E-state index contributed by atoms with van der Waals surface area (Å²) in [7, 11) is 0. The molecule has 1 atom stereocenters. The first-order valence-corrected chi connectivity index (χ1v) is 6.36. The van der Waals surface area contributed by atoms with Crippen LogP contribution >= 0.6 is 0 Å². The van der Waals surface area contributed by atoms with Gasteiger partial charge in [-0.1, -0.05) is 6.07 Å². The largest absolute Gasteiger partial charge is 0.481 e. The summed E-state index contributed by atoms with van der Waals surface area (Å²) in [5.41, 5.74) is 0.542. The lowest BCUT2D eigenvalue weighted by Crippen LogP contribution is -2.49. The zero-order valence-electron chi connectivity index (χ0n) is 11.1. The first kappa shape index (κ1) is 14.5. The van der Waals surface area contributed by atoms with Crippen molar-refractivity contribution in [1.82, 2.24) is 4.90 Å². The third kappa shape index (κ3) is 2.96. The van der Waals surface area contributed by atoms with Crippen molar-refractivity contribution >= 4 is 11.9 Å². The number of hydrogen-bond donors (Lipinski definition) is 1. The second kappa shape index (κ2) is 6.00. The first-order valence-electron chi connectivity index (χ1n) is 6.36. The van der Waals surface area contributed by atoms with Crippen LogP contribution in [0.2, 0.25) is 0 Å². The van der Waals surface area contributed by atoms with Crippen LogP contribution in [-0.4, -0.2) is 47.7 Å². The molecule has 0 spiro atoms. The Hall–Kier alpha value is -1.95. The van der Waals surface area contributed by atoms with E-state index in [1.807, 2.05) is 0 Å². The number of nitrogens with zero attached hydrogens (tertiary/aromatic N) is 1. The summed E-state index contributed by atoms with van der Waals surface area (Å²) in [5, 5.41) is 8.88. The molecule has 0 radical (unpaired) electrons. The summed E-state index contributed by atoms with van der Waals surface area (Å²) >= 11 is 0. The van der Waals surface area contributed by atoms with Gasteiger partial charge in [0.1, 0.15) is 5.82 Å². The van der Waals surface area contributed by atoms with Crippen LogP contribution in [0.4, 0.5) is 4.39 Å². The van der Waals surface area contributed by atoms with Gasteiger partial charge in [0.15, 0.2) is 0 Å². The number of benzene rings is 1. The summed E-state index contributed by atoms with van der Waals surface area (Å²) in [6.07, 6.45) is -0.180. The van der Waals surface area contributed by atoms with Gasteiger partial charge in [0, 0.05) is 12.1 Å². The number of rotatable bonds is 3. The van der Waals surface area contributed by atoms with Crippen molar-refractivity contribution in [3.05, 3.63) is 35.1 Å². The second-order valence-corrected chi connectivity index (χ2v) is 4.74. The van der Waals surface area contributed by atoms with Crippen LogP contribution < -0.4 is 0 Å². The highest BCUT2D eigenvalue weighted by Crippen LogP contribution is 2.19. The number of morpholine rings is 1. The molecule has 1 unspecified atom stereocenters. The van der Waals surface area contributed by atoms with Crippen molar-refractivity contribution in [1.29, 1.82) is 0 Å². The third-order valence-corrected chi connectivity index (χ3v) is 3.40. The number of carbonyl (C=O) groups is 2. The molecule has 6 heteroatoms. The molecular weight excluding hydrogens is 265 g/mol. The molecule has 0 bridgehead atoms. The quantitative estimate of drug-likeness (QED) is 0.910. The minimum absolute atomic E-state index is 0.180. The molecule has 1 fully saturated rings. The fourth-order valence-corrected chi connectivity index (χ4v) is 2.29.